The van der Waals surface area contributed by atoms with Crippen LogP contribution in [0.4, 0.5) is 0 Å². The lowest BCUT2D eigenvalue weighted by Gasteiger charge is -2.34. The Hall–Kier alpha value is -2.40. The molecule has 0 bridgehead atoms. The van der Waals surface area contributed by atoms with Crippen molar-refractivity contribution >= 4 is 5.91 Å². The van der Waals surface area contributed by atoms with E-state index >= 15 is 0 Å². The van der Waals surface area contributed by atoms with E-state index in [1.807, 2.05) is 30.1 Å². The summed E-state index contributed by atoms with van der Waals surface area (Å²) in [6.45, 7) is 4.05. The summed E-state index contributed by atoms with van der Waals surface area (Å²) in [6.07, 6.45) is 6.61. The second-order valence-corrected chi connectivity index (χ2v) is 7.27. The van der Waals surface area contributed by atoms with E-state index in [0.29, 0.717) is 11.5 Å². The maximum atomic E-state index is 12.5. The molecule has 2 heterocycles. The summed E-state index contributed by atoms with van der Waals surface area (Å²) in [5.41, 5.74) is 1.93. The molecule has 1 amide bonds. The van der Waals surface area contributed by atoms with Crippen molar-refractivity contribution < 1.29 is 9.53 Å². The van der Waals surface area contributed by atoms with Crippen molar-refractivity contribution in [2.75, 3.05) is 40.3 Å². The van der Waals surface area contributed by atoms with Gasteiger partial charge in [0, 0.05) is 32.5 Å². The Balaban J connectivity index is 1.43. The minimum atomic E-state index is 0.0571. The zero-order valence-electron chi connectivity index (χ0n) is 16.3. The third-order valence-electron chi connectivity index (χ3n) is 5.38. The molecular weight excluding hydrogens is 338 g/mol. The number of carbonyl (C=O) groups excluding carboxylic acids is 1. The Morgan fingerprint density at radius 1 is 1.22 bits per heavy atom. The second kappa shape index (κ2) is 9.51. The summed E-state index contributed by atoms with van der Waals surface area (Å²) in [5, 5.41) is 0. The van der Waals surface area contributed by atoms with E-state index in [0.717, 1.165) is 51.2 Å². The van der Waals surface area contributed by atoms with Gasteiger partial charge < -0.3 is 14.5 Å². The van der Waals surface area contributed by atoms with Crippen molar-refractivity contribution in [3.8, 4) is 5.75 Å². The number of rotatable bonds is 7. The largest absolute Gasteiger partial charge is 0.496 e. The van der Waals surface area contributed by atoms with Crippen molar-refractivity contribution in [1.29, 1.82) is 0 Å². The molecule has 5 nitrogen and oxygen atoms in total. The van der Waals surface area contributed by atoms with Crippen LogP contribution in [0.3, 0.4) is 0 Å². The summed E-state index contributed by atoms with van der Waals surface area (Å²) in [5.74, 6) is 1.60. The first-order valence-corrected chi connectivity index (χ1v) is 9.67. The van der Waals surface area contributed by atoms with Crippen molar-refractivity contribution in [3.05, 3.63) is 59.9 Å². The van der Waals surface area contributed by atoms with Gasteiger partial charge in [-0.1, -0.05) is 18.2 Å². The van der Waals surface area contributed by atoms with E-state index in [4.69, 9.17) is 4.74 Å². The van der Waals surface area contributed by atoms with E-state index < -0.39 is 0 Å². The normalized spacial score (nSPS) is 15.5. The van der Waals surface area contributed by atoms with Gasteiger partial charge in [0.15, 0.2) is 0 Å². The molecule has 1 fully saturated rings. The monoisotopic (exact) mass is 367 g/mol. The van der Waals surface area contributed by atoms with Crippen molar-refractivity contribution in [3.63, 3.8) is 0 Å². The van der Waals surface area contributed by atoms with E-state index in [-0.39, 0.29) is 5.91 Å². The molecule has 0 saturated carbocycles. The van der Waals surface area contributed by atoms with Gasteiger partial charge in [-0.3, -0.25) is 9.78 Å². The predicted molar refractivity (Wildman–Crippen MR) is 107 cm³/mol. The summed E-state index contributed by atoms with van der Waals surface area (Å²) in [7, 11) is 3.62. The van der Waals surface area contributed by atoms with Crippen molar-refractivity contribution in [2.45, 2.75) is 19.3 Å². The number of hydrogen-bond acceptors (Lipinski definition) is 4. The van der Waals surface area contributed by atoms with Crippen LogP contribution >= 0.6 is 0 Å². The minimum absolute atomic E-state index is 0.0571. The molecule has 0 N–H and O–H groups in total. The highest BCUT2D eigenvalue weighted by atomic mass is 16.5. The molecule has 0 unspecified atom stereocenters. The SMILES string of the molecule is COc1ccccc1CCN1CCC(CN(C)C(=O)c2cccnc2)CC1. The summed E-state index contributed by atoms with van der Waals surface area (Å²) < 4.78 is 5.44. The van der Waals surface area contributed by atoms with Gasteiger partial charge in [-0.2, -0.15) is 0 Å². The highest BCUT2D eigenvalue weighted by Gasteiger charge is 2.22. The van der Waals surface area contributed by atoms with Gasteiger partial charge in [-0.05, 0) is 62.0 Å². The third kappa shape index (κ3) is 5.30. The quantitative estimate of drug-likeness (QED) is 0.754. The highest BCUT2D eigenvalue weighted by molar-refractivity contribution is 5.93. The fourth-order valence-electron chi connectivity index (χ4n) is 3.76. The first kappa shape index (κ1) is 19.4. The smallest absolute Gasteiger partial charge is 0.255 e. The number of piperidine rings is 1. The molecule has 5 heteroatoms. The molecule has 1 aliphatic rings. The van der Waals surface area contributed by atoms with E-state index in [9.17, 15) is 4.79 Å². The molecule has 3 rings (SSSR count). The number of para-hydroxylation sites is 1. The first-order valence-electron chi connectivity index (χ1n) is 9.67. The van der Waals surface area contributed by atoms with Crippen LogP contribution in [0.15, 0.2) is 48.8 Å². The number of amides is 1. The molecule has 1 aliphatic heterocycles. The molecular formula is C22H29N3O2. The molecule has 0 radical (unpaired) electrons. The highest BCUT2D eigenvalue weighted by Crippen LogP contribution is 2.21. The standard InChI is InChI=1S/C22H29N3O2/c1-24(22(26)20-7-5-12-23-16-20)17-18-9-13-25(14-10-18)15-11-19-6-3-4-8-21(19)27-2/h3-8,12,16,18H,9-11,13-15,17H2,1-2H3. The van der Waals surface area contributed by atoms with Crippen LogP contribution in [0.25, 0.3) is 0 Å². The van der Waals surface area contributed by atoms with Gasteiger partial charge in [0.25, 0.3) is 5.91 Å². The second-order valence-electron chi connectivity index (χ2n) is 7.27. The summed E-state index contributed by atoms with van der Waals surface area (Å²) in [4.78, 5) is 20.9. The fourth-order valence-corrected chi connectivity index (χ4v) is 3.76. The lowest BCUT2D eigenvalue weighted by atomic mass is 9.95. The van der Waals surface area contributed by atoms with Gasteiger partial charge in [0.05, 0.1) is 12.7 Å². The number of pyridine rings is 1. The van der Waals surface area contributed by atoms with Crippen LogP contribution in [-0.4, -0.2) is 61.0 Å². The van der Waals surface area contributed by atoms with E-state index in [1.165, 1.54) is 5.56 Å². The Morgan fingerprint density at radius 3 is 2.70 bits per heavy atom. The number of methoxy groups -OCH3 is 1. The zero-order chi connectivity index (χ0) is 19.1. The lowest BCUT2D eigenvalue weighted by molar-refractivity contribution is 0.0740. The molecule has 0 aliphatic carbocycles. The van der Waals surface area contributed by atoms with Gasteiger partial charge in [0.2, 0.25) is 0 Å². The summed E-state index contributed by atoms with van der Waals surface area (Å²) in [6, 6.07) is 11.9. The van der Waals surface area contributed by atoms with Gasteiger partial charge in [-0.15, -0.1) is 0 Å². The maximum Gasteiger partial charge on any atom is 0.255 e. The molecule has 2 aromatic rings. The average molecular weight is 367 g/mol. The Kier molecular flexibility index (Phi) is 6.82. The van der Waals surface area contributed by atoms with Crippen LogP contribution < -0.4 is 4.74 Å². The first-order chi connectivity index (χ1) is 13.2. The predicted octanol–water partition coefficient (Wildman–Crippen LogP) is 3.12. The Labute approximate surface area is 162 Å². The molecule has 0 spiro atoms. The molecule has 1 saturated heterocycles. The number of carbonyl (C=O) groups is 1. The maximum absolute atomic E-state index is 12.5. The number of likely N-dealkylation sites (tertiary alicyclic amines) is 1. The Bertz CT molecular complexity index is 727. The summed E-state index contributed by atoms with van der Waals surface area (Å²) >= 11 is 0. The minimum Gasteiger partial charge on any atom is -0.496 e. The fraction of sp³-hybridized carbons (Fsp3) is 0.455. The lowest BCUT2D eigenvalue weighted by Crippen LogP contribution is -2.40. The number of aromatic nitrogens is 1. The van der Waals surface area contributed by atoms with E-state index in [2.05, 4.69) is 22.0 Å². The van der Waals surface area contributed by atoms with Crippen LogP contribution in [0.1, 0.15) is 28.8 Å². The van der Waals surface area contributed by atoms with Crippen LogP contribution in [0.2, 0.25) is 0 Å². The van der Waals surface area contributed by atoms with Gasteiger partial charge in [-0.25, -0.2) is 0 Å². The van der Waals surface area contributed by atoms with Crippen LogP contribution in [0.5, 0.6) is 5.75 Å². The Morgan fingerprint density at radius 2 is 2.00 bits per heavy atom. The number of ether oxygens (including phenoxy) is 1. The molecule has 144 valence electrons. The molecule has 1 aromatic carbocycles. The van der Waals surface area contributed by atoms with Gasteiger partial charge >= 0.3 is 0 Å². The number of benzene rings is 1. The molecule has 1 aromatic heterocycles. The number of nitrogens with zero attached hydrogens (tertiary/aromatic N) is 3. The third-order valence-corrected chi connectivity index (χ3v) is 5.38. The topological polar surface area (TPSA) is 45.7 Å². The van der Waals surface area contributed by atoms with E-state index in [1.54, 1.807) is 25.6 Å². The van der Waals surface area contributed by atoms with Gasteiger partial charge in [0.1, 0.15) is 5.75 Å². The van der Waals surface area contributed by atoms with Crippen molar-refractivity contribution in [2.24, 2.45) is 5.92 Å². The molecule has 27 heavy (non-hydrogen) atoms. The van der Waals surface area contributed by atoms with Crippen molar-refractivity contribution in [1.82, 2.24) is 14.8 Å². The average Bonchev–Trinajstić information content (AvgIpc) is 2.73. The zero-order valence-corrected chi connectivity index (χ0v) is 16.3. The van der Waals surface area contributed by atoms with Crippen LogP contribution in [0, 0.1) is 5.92 Å². The van der Waals surface area contributed by atoms with Crippen LogP contribution in [-0.2, 0) is 6.42 Å². The number of hydrogen-bond donors (Lipinski definition) is 0. The molecule has 0 atom stereocenters.